The average Bonchev–Trinajstić information content (AvgIpc) is 2.58. The van der Waals surface area contributed by atoms with E-state index < -0.39 is 45.9 Å². The van der Waals surface area contributed by atoms with Gasteiger partial charge in [-0.25, -0.2) is 13.8 Å². The highest BCUT2D eigenvalue weighted by Crippen LogP contribution is 2.39. The van der Waals surface area contributed by atoms with E-state index in [4.69, 9.17) is 21.1 Å². The summed E-state index contributed by atoms with van der Waals surface area (Å²) in [7, 11) is 1.37. The number of aliphatic hydroxyl groups is 1. The maximum atomic E-state index is 13.6. The molecule has 0 fully saturated rings. The Hall–Kier alpha value is -1.90. The number of carbonyl (C=O) groups is 2. The second kappa shape index (κ2) is 8.41. The van der Waals surface area contributed by atoms with Crippen molar-refractivity contribution in [3.8, 4) is 0 Å². The number of hydrogen-bond donors (Lipinski definition) is 1. The summed E-state index contributed by atoms with van der Waals surface area (Å²) in [6.45, 7) is 2.84. The molecule has 27 heavy (non-hydrogen) atoms. The number of ketones is 2. The highest BCUT2D eigenvalue weighted by atomic mass is 35.5. The van der Waals surface area contributed by atoms with E-state index in [0.29, 0.717) is 6.42 Å². The van der Waals surface area contributed by atoms with Gasteiger partial charge in [0.1, 0.15) is 23.3 Å². The summed E-state index contributed by atoms with van der Waals surface area (Å²) in [5.41, 5.74) is -2.64. The molecule has 0 aliphatic heterocycles. The topological polar surface area (TPSA) is 85.7 Å². The first-order chi connectivity index (χ1) is 12.6. The van der Waals surface area contributed by atoms with Crippen molar-refractivity contribution >= 4 is 23.2 Å². The molecular formula is C18H20ClF2NO5. The number of ether oxygens (including phenoxy) is 2. The number of carbonyl (C=O) groups excluding carboxylic acids is 2. The molecule has 0 spiro atoms. The third-order valence-corrected chi connectivity index (χ3v) is 4.55. The van der Waals surface area contributed by atoms with Gasteiger partial charge in [0.2, 0.25) is 5.78 Å². The van der Waals surface area contributed by atoms with Crippen molar-refractivity contribution in [3.05, 3.63) is 39.4 Å². The molecule has 6 nitrogen and oxygen atoms in total. The number of rotatable bonds is 7. The van der Waals surface area contributed by atoms with E-state index >= 15 is 0 Å². The molecule has 1 aromatic rings. The molecular weight excluding hydrogens is 384 g/mol. The summed E-state index contributed by atoms with van der Waals surface area (Å²) in [4.78, 5) is 29.3. The Kier molecular flexibility index (Phi) is 6.67. The SMILES string of the molecule is COCOCc1nc(Cl)cc(C(F)F)c1C(=O)C1=C(O)C(C)(C)CCC1=O. The lowest BCUT2D eigenvalue weighted by atomic mass is 9.75. The lowest BCUT2D eigenvalue weighted by Gasteiger charge is -2.30. The first-order valence-corrected chi connectivity index (χ1v) is 8.53. The summed E-state index contributed by atoms with van der Waals surface area (Å²) < 4.78 is 37.0. The van der Waals surface area contributed by atoms with Crippen LogP contribution in [0.3, 0.4) is 0 Å². The molecule has 0 saturated heterocycles. The van der Waals surface area contributed by atoms with Crippen LogP contribution in [0.15, 0.2) is 17.4 Å². The molecule has 0 atom stereocenters. The number of aromatic nitrogens is 1. The standard InChI is InChI=1S/C18H20ClF2NO5/c1-18(2)5-4-11(23)14(16(18)25)15(24)13-9(17(20)21)6-12(19)22-10(13)7-27-8-26-3/h6,17,25H,4-5,7-8H2,1-3H3. The Labute approximate surface area is 160 Å². The van der Waals surface area contributed by atoms with Crippen LogP contribution in [-0.4, -0.2) is 35.6 Å². The number of halogens is 3. The maximum Gasteiger partial charge on any atom is 0.264 e. The predicted molar refractivity (Wildman–Crippen MR) is 92.9 cm³/mol. The minimum atomic E-state index is -3.04. The molecule has 9 heteroatoms. The number of hydrogen-bond acceptors (Lipinski definition) is 6. The third-order valence-electron chi connectivity index (χ3n) is 4.36. The molecule has 0 bridgehead atoms. The van der Waals surface area contributed by atoms with Gasteiger partial charge in [-0.2, -0.15) is 0 Å². The molecule has 1 heterocycles. The van der Waals surface area contributed by atoms with Crippen molar-refractivity contribution in [1.29, 1.82) is 0 Å². The van der Waals surface area contributed by atoms with Crippen molar-refractivity contribution < 1.29 is 33.0 Å². The number of aliphatic hydroxyl groups excluding tert-OH is 1. The van der Waals surface area contributed by atoms with Gasteiger partial charge in [0.25, 0.3) is 6.43 Å². The highest BCUT2D eigenvalue weighted by Gasteiger charge is 2.39. The van der Waals surface area contributed by atoms with Crippen LogP contribution < -0.4 is 0 Å². The summed E-state index contributed by atoms with van der Waals surface area (Å²) in [6, 6.07) is 0.870. The summed E-state index contributed by atoms with van der Waals surface area (Å²) in [5.74, 6) is -2.03. The van der Waals surface area contributed by atoms with Crippen LogP contribution in [0.1, 0.15) is 54.7 Å². The van der Waals surface area contributed by atoms with Crippen molar-refractivity contribution in [3.63, 3.8) is 0 Å². The van der Waals surface area contributed by atoms with Crippen molar-refractivity contribution in [1.82, 2.24) is 4.98 Å². The van der Waals surface area contributed by atoms with Gasteiger partial charge in [-0.1, -0.05) is 25.4 Å². The van der Waals surface area contributed by atoms with Gasteiger partial charge >= 0.3 is 0 Å². The van der Waals surface area contributed by atoms with Gasteiger partial charge < -0.3 is 14.6 Å². The molecule has 148 valence electrons. The average molecular weight is 404 g/mol. The zero-order chi connectivity index (χ0) is 20.4. The minimum absolute atomic E-state index is 0.0265. The van der Waals surface area contributed by atoms with Crippen LogP contribution in [-0.2, 0) is 20.9 Å². The van der Waals surface area contributed by atoms with Gasteiger partial charge in [0.05, 0.1) is 17.9 Å². The van der Waals surface area contributed by atoms with Gasteiger partial charge in [0, 0.05) is 24.5 Å². The first-order valence-electron chi connectivity index (χ1n) is 8.16. The Morgan fingerprint density at radius 3 is 2.70 bits per heavy atom. The lowest BCUT2D eigenvalue weighted by molar-refractivity contribution is -0.116. The largest absolute Gasteiger partial charge is 0.511 e. The quantitative estimate of drug-likeness (QED) is 0.242. The molecule has 1 aliphatic rings. The molecule has 2 rings (SSSR count). The van der Waals surface area contributed by atoms with Crippen LogP contribution in [0.4, 0.5) is 8.78 Å². The van der Waals surface area contributed by atoms with E-state index in [1.165, 1.54) is 7.11 Å². The Bertz CT molecular complexity index is 792. The van der Waals surface area contributed by atoms with Gasteiger partial charge in [-0.15, -0.1) is 0 Å². The predicted octanol–water partition coefficient (Wildman–Crippen LogP) is 4.18. The van der Waals surface area contributed by atoms with E-state index in [9.17, 15) is 23.5 Å². The second-order valence-electron chi connectivity index (χ2n) is 6.77. The Morgan fingerprint density at radius 1 is 1.44 bits per heavy atom. The van der Waals surface area contributed by atoms with Crippen molar-refractivity contribution in [2.75, 3.05) is 13.9 Å². The van der Waals surface area contributed by atoms with Crippen molar-refractivity contribution in [2.24, 2.45) is 5.41 Å². The van der Waals surface area contributed by atoms with E-state index in [1.54, 1.807) is 13.8 Å². The lowest BCUT2D eigenvalue weighted by Crippen LogP contribution is -2.30. The van der Waals surface area contributed by atoms with Gasteiger partial charge in [-0.3, -0.25) is 9.59 Å². The van der Waals surface area contributed by atoms with E-state index in [1.807, 2.05) is 0 Å². The fraction of sp³-hybridized carbons (Fsp3) is 0.500. The van der Waals surface area contributed by atoms with Crippen LogP contribution in [0.25, 0.3) is 0 Å². The van der Waals surface area contributed by atoms with E-state index in [2.05, 4.69) is 4.98 Å². The normalized spacial score (nSPS) is 16.9. The van der Waals surface area contributed by atoms with Gasteiger partial charge in [0.15, 0.2) is 5.78 Å². The van der Waals surface area contributed by atoms with E-state index in [-0.39, 0.29) is 30.7 Å². The Balaban J connectivity index is 2.64. The molecule has 1 aliphatic carbocycles. The molecule has 0 amide bonds. The summed E-state index contributed by atoms with van der Waals surface area (Å²) in [5, 5.41) is 10.2. The van der Waals surface area contributed by atoms with Gasteiger partial charge in [-0.05, 0) is 12.5 Å². The molecule has 0 aromatic carbocycles. The van der Waals surface area contributed by atoms with Crippen LogP contribution in [0.5, 0.6) is 0 Å². The third kappa shape index (κ3) is 4.51. The molecule has 0 unspecified atom stereocenters. The van der Waals surface area contributed by atoms with Crippen LogP contribution in [0, 0.1) is 5.41 Å². The molecule has 0 radical (unpaired) electrons. The first kappa shape index (κ1) is 21.4. The number of nitrogens with zero attached hydrogens (tertiary/aromatic N) is 1. The molecule has 1 aromatic heterocycles. The fourth-order valence-corrected chi connectivity index (χ4v) is 3.06. The second-order valence-corrected chi connectivity index (χ2v) is 7.16. The molecule has 0 saturated carbocycles. The van der Waals surface area contributed by atoms with Crippen LogP contribution in [0.2, 0.25) is 5.15 Å². The fourth-order valence-electron chi connectivity index (χ4n) is 2.84. The zero-order valence-electron chi connectivity index (χ0n) is 15.1. The molecule has 1 N–H and O–H groups in total. The number of methoxy groups -OCH3 is 1. The van der Waals surface area contributed by atoms with Crippen molar-refractivity contribution in [2.45, 2.75) is 39.7 Å². The number of Topliss-reactive ketones (excluding diaryl/α,β-unsaturated/α-hetero) is 2. The highest BCUT2D eigenvalue weighted by molar-refractivity contribution is 6.30. The van der Waals surface area contributed by atoms with Crippen LogP contribution >= 0.6 is 11.6 Å². The number of alkyl halides is 2. The zero-order valence-corrected chi connectivity index (χ0v) is 15.9. The summed E-state index contributed by atoms with van der Waals surface area (Å²) >= 11 is 5.80. The smallest absolute Gasteiger partial charge is 0.264 e. The minimum Gasteiger partial charge on any atom is -0.511 e. The number of allylic oxidation sites excluding steroid dienone is 2. The van der Waals surface area contributed by atoms with E-state index in [0.717, 1.165) is 6.07 Å². The monoisotopic (exact) mass is 403 g/mol. The number of pyridine rings is 1. The maximum absolute atomic E-state index is 13.6. The Morgan fingerprint density at radius 2 is 2.11 bits per heavy atom. The summed E-state index contributed by atoms with van der Waals surface area (Å²) in [6.07, 6.45) is -2.67.